The summed E-state index contributed by atoms with van der Waals surface area (Å²) >= 11 is 5.87. The number of hydrogen-bond donors (Lipinski definition) is 1. The Hall–Kier alpha value is -2.34. The van der Waals surface area contributed by atoms with Crippen molar-refractivity contribution in [3.63, 3.8) is 0 Å². The fourth-order valence-electron chi connectivity index (χ4n) is 3.33. The molecular weight excluding hydrogens is 370 g/mol. The number of ether oxygens (including phenoxy) is 1. The predicted octanol–water partition coefficient (Wildman–Crippen LogP) is 3.69. The number of nitrogens with one attached hydrogen (secondary N) is 1. The third-order valence-electron chi connectivity index (χ3n) is 4.98. The Bertz CT molecular complexity index is 922. The Morgan fingerprint density at radius 2 is 2.00 bits per heavy atom. The molecule has 2 aromatic rings. The van der Waals surface area contributed by atoms with Gasteiger partial charge in [0.1, 0.15) is 5.58 Å². The molecule has 7 heteroatoms. The molecule has 1 amide bonds. The maximum absolute atomic E-state index is 12.3. The van der Waals surface area contributed by atoms with Crippen molar-refractivity contribution in [2.75, 3.05) is 0 Å². The first-order valence-electron chi connectivity index (χ1n) is 9.10. The average Bonchev–Trinajstić information content (AvgIpc) is 2.63. The molecule has 1 aliphatic carbocycles. The van der Waals surface area contributed by atoms with Crippen LogP contribution in [0.3, 0.4) is 0 Å². The van der Waals surface area contributed by atoms with Gasteiger partial charge in [-0.1, -0.05) is 31.4 Å². The molecule has 144 valence electrons. The minimum absolute atomic E-state index is 0.0933. The molecule has 1 fully saturated rings. The monoisotopic (exact) mass is 391 g/mol. The Morgan fingerprint density at radius 1 is 1.26 bits per heavy atom. The Balaban J connectivity index is 1.69. The topological polar surface area (TPSA) is 85.6 Å². The zero-order valence-corrected chi connectivity index (χ0v) is 16.0. The third-order valence-corrected chi connectivity index (χ3v) is 5.22. The van der Waals surface area contributed by atoms with E-state index in [1.807, 2.05) is 0 Å². The van der Waals surface area contributed by atoms with Gasteiger partial charge in [0.25, 0.3) is 5.91 Å². The molecule has 3 rings (SSSR count). The largest absolute Gasteiger partial charge is 0.449 e. The number of carbonyl (C=O) groups excluding carboxylic acids is 2. The van der Waals surface area contributed by atoms with E-state index in [2.05, 4.69) is 12.2 Å². The summed E-state index contributed by atoms with van der Waals surface area (Å²) in [5.41, 5.74) is -0.175. The summed E-state index contributed by atoms with van der Waals surface area (Å²) in [6.07, 6.45) is 3.26. The zero-order valence-electron chi connectivity index (χ0n) is 15.3. The highest BCUT2D eigenvalue weighted by molar-refractivity contribution is 6.31. The van der Waals surface area contributed by atoms with E-state index >= 15 is 0 Å². The maximum atomic E-state index is 12.3. The van der Waals surface area contributed by atoms with E-state index in [0.29, 0.717) is 10.9 Å². The lowest BCUT2D eigenvalue weighted by atomic mass is 9.86. The fraction of sp³-hybridized carbons (Fsp3) is 0.450. The quantitative estimate of drug-likeness (QED) is 0.803. The number of rotatable bonds is 4. The molecule has 1 heterocycles. The van der Waals surface area contributed by atoms with Gasteiger partial charge in [0.05, 0.1) is 5.39 Å². The van der Waals surface area contributed by atoms with E-state index in [4.69, 9.17) is 20.8 Å². The van der Waals surface area contributed by atoms with Crippen LogP contribution >= 0.6 is 11.6 Å². The van der Waals surface area contributed by atoms with Gasteiger partial charge in [-0.25, -0.2) is 4.79 Å². The van der Waals surface area contributed by atoms with Crippen molar-refractivity contribution in [2.24, 2.45) is 5.92 Å². The first-order valence-corrected chi connectivity index (χ1v) is 9.47. The lowest BCUT2D eigenvalue weighted by Crippen LogP contribution is -2.46. The summed E-state index contributed by atoms with van der Waals surface area (Å²) in [6, 6.07) is 5.68. The van der Waals surface area contributed by atoms with Crippen LogP contribution in [-0.2, 0) is 9.53 Å². The first-order chi connectivity index (χ1) is 12.8. The van der Waals surface area contributed by atoms with Gasteiger partial charge in [-0.3, -0.25) is 9.59 Å². The summed E-state index contributed by atoms with van der Waals surface area (Å²) in [7, 11) is 0. The molecule has 1 aromatic heterocycles. The molecule has 1 aliphatic rings. The van der Waals surface area contributed by atoms with Crippen molar-refractivity contribution in [2.45, 2.75) is 51.7 Å². The third kappa shape index (κ3) is 4.50. The van der Waals surface area contributed by atoms with Crippen molar-refractivity contribution < 1.29 is 18.7 Å². The number of carbonyl (C=O) groups is 2. The summed E-state index contributed by atoms with van der Waals surface area (Å²) < 4.78 is 10.6. The lowest BCUT2D eigenvalue weighted by molar-refractivity contribution is -0.130. The van der Waals surface area contributed by atoms with Crippen molar-refractivity contribution in [3.05, 3.63) is 45.3 Å². The molecule has 0 radical (unpaired) electrons. The number of amides is 1. The van der Waals surface area contributed by atoms with Crippen molar-refractivity contribution in [1.82, 2.24) is 5.32 Å². The summed E-state index contributed by atoms with van der Waals surface area (Å²) in [5.74, 6) is -1.06. The second kappa shape index (κ2) is 8.13. The minimum atomic E-state index is -0.988. The molecule has 3 atom stereocenters. The second-order valence-corrected chi connectivity index (χ2v) is 7.48. The van der Waals surface area contributed by atoms with Crippen LogP contribution in [0.15, 0.2) is 33.5 Å². The van der Waals surface area contributed by atoms with E-state index in [1.165, 1.54) is 25.5 Å². The lowest BCUT2D eigenvalue weighted by Gasteiger charge is -2.30. The molecule has 27 heavy (non-hydrogen) atoms. The van der Waals surface area contributed by atoms with E-state index < -0.39 is 17.5 Å². The number of halogens is 1. The highest BCUT2D eigenvalue weighted by Gasteiger charge is 2.27. The van der Waals surface area contributed by atoms with Crippen LogP contribution < -0.4 is 10.7 Å². The fourth-order valence-corrected chi connectivity index (χ4v) is 3.50. The van der Waals surface area contributed by atoms with Crippen molar-refractivity contribution >= 4 is 34.4 Å². The second-order valence-electron chi connectivity index (χ2n) is 7.04. The first kappa shape index (κ1) is 19.4. The van der Waals surface area contributed by atoms with Gasteiger partial charge in [-0.15, -0.1) is 0 Å². The molecule has 0 aliphatic heterocycles. The van der Waals surface area contributed by atoms with Gasteiger partial charge in [0.2, 0.25) is 5.76 Å². The zero-order chi connectivity index (χ0) is 19.6. The van der Waals surface area contributed by atoms with Gasteiger partial charge >= 0.3 is 5.97 Å². The summed E-state index contributed by atoms with van der Waals surface area (Å²) in [5, 5.41) is 3.62. The van der Waals surface area contributed by atoms with Crippen molar-refractivity contribution in [3.8, 4) is 0 Å². The predicted molar refractivity (Wildman–Crippen MR) is 102 cm³/mol. The van der Waals surface area contributed by atoms with E-state index in [-0.39, 0.29) is 28.7 Å². The molecule has 0 unspecified atom stereocenters. The van der Waals surface area contributed by atoms with Gasteiger partial charge in [-0.2, -0.15) is 0 Å². The van der Waals surface area contributed by atoms with Crippen LogP contribution in [0.1, 0.15) is 50.1 Å². The SMILES string of the molecule is C[C@@H]1CCCC[C@@H]1NC(=O)[C@@H](C)OC(=O)c1cc(=O)c2cc(Cl)ccc2o1. The van der Waals surface area contributed by atoms with E-state index in [1.54, 1.807) is 6.07 Å². The molecular formula is C20H22ClNO5. The van der Waals surface area contributed by atoms with E-state index in [9.17, 15) is 14.4 Å². The van der Waals surface area contributed by atoms with E-state index in [0.717, 1.165) is 25.3 Å². The molecule has 1 aromatic carbocycles. The number of benzene rings is 1. The Labute approximate surface area is 161 Å². The van der Waals surface area contributed by atoms with Gasteiger partial charge in [-0.05, 0) is 43.9 Å². The van der Waals surface area contributed by atoms with Crippen LogP contribution in [0.2, 0.25) is 5.02 Å². The summed E-state index contributed by atoms with van der Waals surface area (Å²) in [4.78, 5) is 36.8. The number of hydrogen-bond acceptors (Lipinski definition) is 5. The molecule has 0 saturated heterocycles. The van der Waals surface area contributed by atoms with Crippen molar-refractivity contribution in [1.29, 1.82) is 0 Å². The van der Waals surface area contributed by atoms with Crippen LogP contribution in [0.5, 0.6) is 0 Å². The average molecular weight is 392 g/mol. The number of fused-ring (bicyclic) bond motifs is 1. The highest BCUT2D eigenvalue weighted by Crippen LogP contribution is 2.24. The van der Waals surface area contributed by atoms with Crippen LogP contribution in [0, 0.1) is 5.92 Å². The molecule has 0 bridgehead atoms. The normalized spacial score (nSPS) is 20.9. The Kier molecular flexibility index (Phi) is 5.85. The molecule has 1 saturated carbocycles. The van der Waals surface area contributed by atoms with Crippen LogP contribution in [-0.4, -0.2) is 24.0 Å². The Morgan fingerprint density at radius 3 is 2.74 bits per heavy atom. The van der Waals surface area contributed by atoms with Gasteiger partial charge in [0.15, 0.2) is 11.5 Å². The summed E-state index contributed by atoms with van der Waals surface area (Å²) in [6.45, 7) is 3.61. The van der Waals surface area contributed by atoms with Gasteiger partial charge < -0.3 is 14.5 Å². The molecule has 1 N–H and O–H groups in total. The minimum Gasteiger partial charge on any atom is -0.449 e. The smallest absolute Gasteiger partial charge is 0.375 e. The van der Waals surface area contributed by atoms with Crippen LogP contribution in [0.4, 0.5) is 0 Å². The van der Waals surface area contributed by atoms with Gasteiger partial charge in [0, 0.05) is 17.1 Å². The highest BCUT2D eigenvalue weighted by atomic mass is 35.5. The molecule has 0 spiro atoms. The van der Waals surface area contributed by atoms with Crippen LogP contribution in [0.25, 0.3) is 11.0 Å². The number of esters is 1. The standard InChI is InChI=1S/C20H22ClNO5/c1-11-5-3-4-6-15(11)22-19(24)12(2)26-20(25)18-10-16(23)14-9-13(21)7-8-17(14)27-18/h7-12,15H,3-6H2,1-2H3,(H,22,24)/t11-,12-,15+/m1/s1. The molecule has 6 nitrogen and oxygen atoms in total. The maximum Gasteiger partial charge on any atom is 0.375 e.